The standard InChI is InChI=1S/C23H22N2O3S/c26-21-20-18-10-4-5-11-19(18)29-22(20)24(13-12-16-7-2-1-3-8-16)23(27)25(21)15-17-9-6-14-28-17/h1-3,6-9,14H,4-5,10-13,15H2. The number of nitrogens with zero attached hydrogens (tertiary/aromatic N) is 2. The lowest BCUT2D eigenvalue weighted by molar-refractivity contribution is 0.477. The molecule has 4 aromatic rings. The van der Waals surface area contributed by atoms with Gasteiger partial charge in [0.15, 0.2) is 0 Å². The van der Waals surface area contributed by atoms with E-state index in [0.717, 1.165) is 47.9 Å². The van der Waals surface area contributed by atoms with Crippen LogP contribution in [0.4, 0.5) is 0 Å². The molecular weight excluding hydrogens is 384 g/mol. The van der Waals surface area contributed by atoms with Crippen molar-refractivity contribution in [2.45, 2.75) is 45.2 Å². The van der Waals surface area contributed by atoms with Crippen molar-refractivity contribution in [1.82, 2.24) is 9.13 Å². The third-order valence-corrected chi connectivity index (χ3v) is 6.99. The molecule has 0 amide bonds. The second-order valence-corrected chi connectivity index (χ2v) is 8.62. The monoisotopic (exact) mass is 406 g/mol. The van der Waals surface area contributed by atoms with Gasteiger partial charge < -0.3 is 4.42 Å². The Morgan fingerprint density at radius 1 is 0.966 bits per heavy atom. The van der Waals surface area contributed by atoms with Crippen LogP contribution in [0.5, 0.6) is 0 Å². The molecule has 0 N–H and O–H groups in total. The van der Waals surface area contributed by atoms with E-state index in [2.05, 4.69) is 12.1 Å². The largest absolute Gasteiger partial charge is 0.467 e. The fourth-order valence-electron chi connectivity index (χ4n) is 4.20. The van der Waals surface area contributed by atoms with E-state index in [-0.39, 0.29) is 17.8 Å². The van der Waals surface area contributed by atoms with Crippen LogP contribution in [0.3, 0.4) is 0 Å². The normalized spacial score (nSPS) is 13.7. The molecule has 0 aliphatic heterocycles. The molecule has 0 radical (unpaired) electrons. The Bertz CT molecular complexity index is 1260. The van der Waals surface area contributed by atoms with Gasteiger partial charge in [0.2, 0.25) is 0 Å². The molecule has 148 valence electrons. The third kappa shape index (κ3) is 3.27. The second kappa shape index (κ2) is 7.52. The summed E-state index contributed by atoms with van der Waals surface area (Å²) in [7, 11) is 0. The Kier molecular flexibility index (Phi) is 4.72. The van der Waals surface area contributed by atoms with Gasteiger partial charge in [-0.1, -0.05) is 30.3 Å². The summed E-state index contributed by atoms with van der Waals surface area (Å²) in [6, 6.07) is 13.7. The number of aryl methyl sites for hydroxylation is 4. The van der Waals surface area contributed by atoms with E-state index >= 15 is 0 Å². The minimum atomic E-state index is -0.256. The first-order valence-electron chi connectivity index (χ1n) is 10.1. The van der Waals surface area contributed by atoms with Gasteiger partial charge in [0.25, 0.3) is 5.56 Å². The number of furan rings is 1. The molecule has 0 bridgehead atoms. The molecule has 0 spiro atoms. The van der Waals surface area contributed by atoms with Gasteiger partial charge in [0, 0.05) is 11.4 Å². The molecule has 3 heterocycles. The number of fused-ring (bicyclic) bond motifs is 3. The predicted molar refractivity (Wildman–Crippen MR) is 115 cm³/mol. The van der Waals surface area contributed by atoms with E-state index in [1.807, 2.05) is 18.2 Å². The number of hydrogen-bond donors (Lipinski definition) is 0. The molecule has 0 atom stereocenters. The number of benzene rings is 1. The number of thiophene rings is 1. The number of aromatic nitrogens is 2. The van der Waals surface area contributed by atoms with Gasteiger partial charge in [0.1, 0.15) is 10.6 Å². The highest BCUT2D eigenvalue weighted by molar-refractivity contribution is 7.18. The lowest BCUT2D eigenvalue weighted by atomic mass is 9.97. The molecule has 29 heavy (non-hydrogen) atoms. The zero-order valence-electron chi connectivity index (χ0n) is 16.1. The summed E-state index contributed by atoms with van der Waals surface area (Å²) < 4.78 is 8.56. The Labute approximate surface area is 171 Å². The van der Waals surface area contributed by atoms with Gasteiger partial charge in [-0.25, -0.2) is 4.79 Å². The molecule has 0 saturated carbocycles. The van der Waals surface area contributed by atoms with E-state index in [1.54, 1.807) is 34.3 Å². The van der Waals surface area contributed by atoms with Gasteiger partial charge in [-0.05, 0) is 55.4 Å². The lowest BCUT2D eigenvalue weighted by Gasteiger charge is -2.13. The van der Waals surface area contributed by atoms with E-state index in [0.29, 0.717) is 12.3 Å². The highest BCUT2D eigenvalue weighted by Crippen LogP contribution is 2.34. The van der Waals surface area contributed by atoms with Crippen molar-refractivity contribution in [3.05, 3.63) is 91.3 Å². The maximum atomic E-state index is 13.4. The first kappa shape index (κ1) is 18.2. The molecule has 0 saturated heterocycles. The van der Waals surface area contributed by atoms with Crippen LogP contribution in [-0.2, 0) is 32.4 Å². The van der Waals surface area contributed by atoms with Crippen LogP contribution < -0.4 is 11.2 Å². The smallest absolute Gasteiger partial charge is 0.332 e. The lowest BCUT2D eigenvalue weighted by Crippen LogP contribution is -2.40. The Balaban J connectivity index is 1.68. The summed E-state index contributed by atoms with van der Waals surface area (Å²) in [5.74, 6) is 0.613. The van der Waals surface area contributed by atoms with Crippen LogP contribution in [0.1, 0.15) is 34.6 Å². The van der Waals surface area contributed by atoms with E-state index in [9.17, 15) is 9.59 Å². The molecule has 1 aliphatic rings. The van der Waals surface area contributed by atoms with Crippen molar-refractivity contribution in [3.8, 4) is 0 Å². The van der Waals surface area contributed by atoms with Crippen LogP contribution in [0.2, 0.25) is 0 Å². The molecule has 0 unspecified atom stereocenters. The first-order chi connectivity index (χ1) is 14.2. The molecule has 1 aromatic carbocycles. The molecule has 0 fully saturated rings. The number of rotatable bonds is 5. The van der Waals surface area contributed by atoms with E-state index in [4.69, 9.17) is 4.42 Å². The van der Waals surface area contributed by atoms with Crippen molar-refractivity contribution < 1.29 is 4.42 Å². The van der Waals surface area contributed by atoms with Gasteiger partial charge in [-0.3, -0.25) is 13.9 Å². The Morgan fingerprint density at radius 2 is 1.79 bits per heavy atom. The first-order valence-corrected chi connectivity index (χ1v) is 10.9. The van der Waals surface area contributed by atoms with E-state index < -0.39 is 0 Å². The highest BCUT2D eigenvalue weighted by atomic mass is 32.1. The maximum absolute atomic E-state index is 13.4. The number of hydrogen-bond acceptors (Lipinski definition) is 4. The van der Waals surface area contributed by atoms with Crippen molar-refractivity contribution in [2.75, 3.05) is 0 Å². The van der Waals surface area contributed by atoms with Gasteiger partial charge in [-0.2, -0.15) is 0 Å². The highest BCUT2D eigenvalue weighted by Gasteiger charge is 2.23. The van der Waals surface area contributed by atoms with Crippen molar-refractivity contribution >= 4 is 21.6 Å². The summed E-state index contributed by atoms with van der Waals surface area (Å²) in [4.78, 5) is 28.8. The summed E-state index contributed by atoms with van der Waals surface area (Å²) >= 11 is 1.63. The quantitative estimate of drug-likeness (QED) is 0.504. The van der Waals surface area contributed by atoms with Crippen molar-refractivity contribution in [1.29, 1.82) is 0 Å². The minimum Gasteiger partial charge on any atom is -0.467 e. The fourth-order valence-corrected chi connectivity index (χ4v) is 5.60. The molecular formula is C23H22N2O3S. The average molecular weight is 407 g/mol. The Hall–Kier alpha value is -2.86. The van der Waals surface area contributed by atoms with Crippen molar-refractivity contribution in [2.24, 2.45) is 0 Å². The molecule has 6 heteroatoms. The summed E-state index contributed by atoms with van der Waals surface area (Å²) in [6.07, 6.45) is 6.48. The van der Waals surface area contributed by atoms with Gasteiger partial charge >= 0.3 is 5.69 Å². The summed E-state index contributed by atoms with van der Waals surface area (Å²) in [5.41, 5.74) is 1.89. The van der Waals surface area contributed by atoms with Crippen LogP contribution in [0, 0.1) is 0 Å². The van der Waals surface area contributed by atoms with Gasteiger partial charge in [0.05, 0.1) is 18.2 Å². The molecule has 1 aliphatic carbocycles. The topological polar surface area (TPSA) is 57.1 Å². The SMILES string of the molecule is O=c1c2c3c(sc2n(CCc2ccccc2)c(=O)n1Cc1ccco1)CCCC3. The third-order valence-electron chi connectivity index (χ3n) is 5.68. The summed E-state index contributed by atoms with van der Waals surface area (Å²) in [6.45, 7) is 0.716. The van der Waals surface area contributed by atoms with Crippen molar-refractivity contribution in [3.63, 3.8) is 0 Å². The van der Waals surface area contributed by atoms with Gasteiger partial charge in [-0.15, -0.1) is 11.3 Å². The predicted octanol–water partition coefficient (Wildman–Crippen LogP) is 3.99. The summed E-state index contributed by atoms with van der Waals surface area (Å²) in [5, 5.41) is 0.740. The Morgan fingerprint density at radius 3 is 2.59 bits per heavy atom. The maximum Gasteiger partial charge on any atom is 0.332 e. The van der Waals surface area contributed by atoms with E-state index in [1.165, 1.54) is 15.0 Å². The second-order valence-electron chi connectivity index (χ2n) is 7.53. The molecule has 3 aromatic heterocycles. The van der Waals surface area contributed by atoms with Crippen LogP contribution in [-0.4, -0.2) is 9.13 Å². The fraction of sp³-hybridized carbons (Fsp3) is 0.304. The zero-order valence-corrected chi connectivity index (χ0v) is 16.9. The van der Waals surface area contributed by atoms with Crippen LogP contribution >= 0.6 is 11.3 Å². The van der Waals surface area contributed by atoms with Crippen LogP contribution in [0.25, 0.3) is 10.2 Å². The average Bonchev–Trinajstić information content (AvgIpc) is 3.39. The molecule has 5 nitrogen and oxygen atoms in total. The molecule has 5 rings (SSSR count). The zero-order chi connectivity index (χ0) is 19.8. The van der Waals surface area contributed by atoms with Crippen LogP contribution in [0.15, 0.2) is 62.7 Å². The minimum absolute atomic E-state index is 0.163.